The molecule has 11 heteroatoms. The molecule has 0 saturated heterocycles. The van der Waals surface area contributed by atoms with E-state index in [1.165, 1.54) is 19.4 Å². The van der Waals surface area contributed by atoms with Gasteiger partial charge in [-0.3, -0.25) is 34.6 Å². The molecule has 214 valence electrons. The van der Waals surface area contributed by atoms with Gasteiger partial charge in [0.1, 0.15) is 18.1 Å². The number of ether oxygens (including phenoxy) is 2. The lowest BCUT2D eigenvalue weighted by atomic mass is 10.1. The summed E-state index contributed by atoms with van der Waals surface area (Å²) in [5.41, 5.74) is 2.58. The highest BCUT2D eigenvalue weighted by Gasteiger charge is 2.33. The summed E-state index contributed by atoms with van der Waals surface area (Å²) < 4.78 is 11.6. The number of amidine groups is 1. The van der Waals surface area contributed by atoms with Gasteiger partial charge in [0.25, 0.3) is 5.91 Å². The lowest BCUT2D eigenvalue weighted by Gasteiger charge is -2.28. The van der Waals surface area contributed by atoms with Crippen LogP contribution in [-0.4, -0.2) is 72.6 Å². The summed E-state index contributed by atoms with van der Waals surface area (Å²) in [6, 6.07) is 16.5. The van der Waals surface area contributed by atoms with E-state index < -0.39 is 0 Å². The molecule has 0 atom stereocenters. The Balaban J connectivity index is 1.18. The molecule has 2 aliphatic rings. The molecule has 0 spiro atoms. The van der Waals surface area contributed by atoms with E-state index in [4.69, 9.17) is 14.5 Å². The lowest BCUT2D eigenvalue weighted by molar-refractivity contribution is -0.123. The van der Waals surface area contributed by atoms with E-state index in [0.29, 0.717) is 47.6 Å². The summed E-state index contributed by atoms with van der Waals surface area (Å²) in [6.45, 7) is 1.55. The standard InChI is InChI=1S/C31H30N6O5/c1-41-28-25(42-19-17-33-26(39)14-11-23(38)10-9-21-6-3-2-4-7-21)13-12-24-27(28)35-31(37-18-16-34-29(24)37)36-30(40)22-8-5-15-32-20-22/h2-10,12-13,15,20H,11,14,16-19H2,1H3,(H,33,39)(H,35,36,40). The number of hydrogen-bond acceptors (Lipinski definition) is 9. The van der Waals surface area contributed by atoms with Crippen LogP contribution >= 0.6 is 0 Å². The maximum atomic E-state index is 12.8. The zero-order valence-electron chi connectivity index (χ0n) is 23.1. The summed E-state index contributed by atoms with van der Waals surface area (Å²) in [5.74, 6) is 1.14. The first-order chi connectivity index (χ1) is 20.5. The van der Waals surface area contributed by atoms with Crippen LogP contribution in [0.25, 0.3) is 6.08 Å². The third-order valence-electron chi connectivity index (χ3n) is 6.55. The van der Waals surface area contributed by atoms with Crippen molar-refractivity contribution in [3.63, 3.8) is 0 Å². The van der Waals surface area contributed by atoms with Crippen LogP contribution in [0.4, 0.5) is 5.69 Å². The van der Waals surface area contributed by atoms with Crippen molar-refractivity contribution >= 4 is 41.2 Å². The van der Waals surface area contributed by atoms with E-state index in [1.807, 2.05) is 41.3 Å². The van der Waals surface area contributed by atoms with Crippen molar-refractivity contribution in [2.45, 2.75) is 12.8 Å². The summed E-state index contributed by atoms with van der Waals surface area (Å²) in [5, 5.41) is 5.63. The second-order valence-electron chi connectivity index (χ2n) is 9.39. The maximum Gasteiger partial charge on any atom is 0.259 e. The molecule has 2 aliphatic heterocycles. The Kier molecular flexibility index (Phi) is 8.97. The van der Waals surface area contributed by atoms with Crippen LogP contribution in [0.3, 0.4) is 0 Å². The van der Waals surface area contributed by atoms with E-state index in [-0.39, 0.29) is 43.6 Å². The molecule has 3 heterocycles. The minimum atomic E-state index is -0.340. The van der Waals surface area contributed by atoms with Gasteiger partial charge in [0.2, 0.25) is 11.9 Å². The number of carbonyl (C=O) groups is 3. The largest absolute Gasteiger partial charge is 0.491 e. The molecule has 11 nitrogen and oxygen atoms in total. The van der Waals surface area contributed by atoms with Gasteiger partial charge in [-0.05, 0) is 35.9 Å². The van der Waals surface area contributed by atoms with Crippen LogP contribution < -0.4 is 20.1 Å². The molecule has 42 heavy (non-hydrogen) atoms. The molecule has 2 aromatic carbocycles. The normalized spacial score (nSPS) is 13.5. The first kappa shape index (κ1) is 28.2. The third-order valence-corrected chi connectivity index (χ3v) is 6.55. The monoisotopic (exact) mass is 566 g/mol. The second-order valence-corrected chi connectivity index (χ2v) is 9.39. The number of ketones is 1. The number of amides is 2. The van der Waals surface area contributed by atoms with Crippen LogP contribution in [0.2, 0.25) is 0 Å². The minimum absolute atomic E-state index is 0.0843. The van der Waals surface area contributed by atoms with Crippen molar-refractivity contribution in [1.29, 1.82) is 0 Å². The molecule has 5 rings (SSSR count). The number of hydrogen-bond donors (Lipinski definition) is 2. The van der Waals surface area contributed by atoms with Gasteiger partial charge in [0.15, 0.2) is 17.3 Å². The van der Waals surface area contributed by atoms with Crippen LogP contribution in [0.5, 0.6) is 11.5 Å². The van der Waals surface area contributed by atoms with E-state index in [1.54, 1.807) is 30.5 Å². The van der Waals surface area contributed by atoms with Crippen molar-refractivity contribution in [3.8, 4) is 11.5 Å². The van der Waals surface area contributed by atoms with Crippen LogP contribution in [0, 0.1) is 0 Å². The molecular formula is C31H30N6O5. The smallest absolute Gasteiger partial charge is 0.259 e. The molecule has 0 radical (unpaired) electrons. The average molecular weight is 567 g/mol. The molecule has 0 saturated carbocycles. The summed E-state index contributed by atoms with van der Waals surface area (Å²) >= 11 is 0. The number of methoxy groups -OCH3 is 1. The third kappa shape index (κ3) is 6.69. The molecule has 1 aromatic heterocycles. The zero-order valence-corrected chi connectivity index (χ0v) is 23.1. The highest BCUT2D eigenvalue weighted by Crippen LogP contribution is 2.43. The van der Waals surface area contributed by atoms with Gasteiger partial charge in [-0.2, -0.15) is 0 Å². The number of nitrogens with zero attached hydrogens (tertiary/aromatic N) is 4. The number of fused-ring (bicyclic) bond motifs is 3. The van der Waals surface area contributed by atoms with Crippen molar-refractivity contribution in [3.05, 3.63) is 89.8 Å². The summed E-state index contributed by atoms with van der Waals surface area (Å²) in [7, 11) is 1.51. The van der Waals surface area contributed by atoms with E-state index in [0.717, 1.165) is 11.1 Å². The van der Waals surface area contributed by atoms with Gasteiger partial charge in [-0.15, -0.1) is 0 Å². The summed E-state index contributed by atoms with van der Waals surface area (Å²) in [4.78, 5) is 52.3. The number of nitrogens with one attached hydrogen (secondary N) is 2. The molecule has 3 aromatic rings. The fraction of sp³-hybridized carbons (Fsp3) is 0.226. The fourth-order valence-corrected chi connectivity index (χ4v) is 4.48. The number of rotatable bonds is 11. The van der Waals surface area contributed by atoms with Crippen molar-refractivity contribution < 1.29 is 23.9 Å². The molecule has 2 N–H and O–H groups in total. The van der Waals surface area contributed by atoms with Crippen LogP contribution in [-0.2, 0) is 9.59 Å². The fourth-order valence-electron chi connectivity index (χ4n) is 4.48. The Morgan fingerprint density at radius 1 is 1.05 bits per heavy atom. The predicted molar refractivity (Wildman–Crippen MR) is 158 cm³/mol. The minimum Gasteiger partial charge on any atom is -0.491 e. The Labute approximate surface area is 243 Å². The number of benzene rings is 2. The van der Waals surface area contributed by atoms with E-state index >= 15 is 0 Å². The van der Waals surface area contributed by atoms with Gasteiger partial charge in [-0.1, -0.05) is 36.4 Å². The van der Waals surface area contributed by atoms with E-state index in [9.17, 15) is 14.4 Å². The van der Waals surface area contributed by atoms with Gasteiger partial charge >= 0.3 is 0 Å². The number of allylic oxidation sites excluding steroid dienone is 1. The first-order valence-corrected chi connectivity index (χ1v) is 13.5. The molecule has 0 fully saturated rings. The van der Waals surface area contributed by atoms with Crippen LogP contribution in [0.15, 0.2) is 83.1 Å². The van der Waals surface area contributed by atoms with Crippen LogP contribution in [0.1, 0.15) is 34.3 Å². The quantitative estimate of drug-likeness (QED) is 0.269. The Hall–Kier alpha value is -5.32. The molecule has 2 amide bonds. The molecule has 0 bridgehead atoms. The van der Waals surface area contributed by atoms with Gasteiger partial charge in [0.05, 0.1) is 25.8 Å². The Morgan fingerprint density at radius 2 is 1.90 bits per heavy atom. The van der Waals surface area contributed by atoms with Gasteiger partial charge in [-0.25, -0.2) is 4.99 Å². The highest BCUT2D eigenvalue weighted by molar-refractivity contribution is 6.20. The molecular weight excluding hydrogens is 536 g/mol. The maximum absolute atomic E-state index is 12.8. The van der Waals surface area contributed by atoms with Gasteiger partial charge < -0.3 is 14.8 Å². The average Bonchev–Trinajstić information content (AvgIpc) is 3.52. The molecule has 0 unspecified atom stereocenters. The summed E-state index contributed by atoms with van der Waals surface area (Å²) in [6.07, 6.45) is 6.51. The highest BCUT2D eigenvalue weighted by atomic mass is 16.5. The predicted octanol–water partition coefficient (Wildman–Crippen LogP) is 3.14. The topological polar surface area (TPSA) is 135 Å². The SMILES string of the molecule is COc1c(OCCNC(=O)CCC(=O)C=Cc2ccccc2)ccc2c1N=C(NC(=O)c1cccnc1)N1CCN=C21. The molecule has 0 aliphatic carbocycles. The van der Waals surface area contributed by atoms with Crippen molar-refractivity contribution in [1.82, 2.24) is 20.5 Å². The number of aromatic nitrogens is 1. The number of guanidine groups is 1. The van der Waals surface area contributed by atoms with E-state index in [2.05, 4.69) is 20.6 Å². The Morgan fingerprint density at radius 3 is 2.69 bits per heavy atom. The lowest BCUT2D eigenvalue weighted by Crippen LogP contribution is -2.47. The number of pyridine rings is 1. The number of carbonyl (C=O) groups excluding carboxylic acids is 3. The van der Waals surface area contributed by atoms with Crippen molar-refractivity contribution in [2.75, 3.05) is 33.4 Å². The van der Waals surface area contributed by atoms with Gasteiger partial charge in [0, 0.05) is 37.3 Å². The first-order valence-electron chi connectivity index (χ1n) is 13.5. The van der Waals surface area contributed by atoms with Crippen molar-refractivity contribution in [2.24, 2.45) is 9.98 Å². The zero-order chi connectivity index (χ0) is 29.3. The number of aliphatic imine (C=N–C) groups is 2. The second kappa shape index (κ2) is 13.4. The Bertz CT molecular complexity index is 1550.